The molecule has 0 bridgehead atoms. The minimum absolute atomic E-state index is 0.104. The van der Waals surface area contributed by atoms with Crippen molar-refractivity contribution in [3.8, 4) is 0 Å². The standard InChI is InChI=1S/C15H22N4O/c1-16-14-13(6-4-7-17-14)15(20)19-10-9-18-8-3-2-5-12(18)11-19/h4,6-7,12H,2-3,5,8-11H2,1H3,(H,16,17). The summed E-state index contributed by atoms with van der Waals surface area (Å²) in [4.78, 5) is 21.4. The molecule has 5 nitrogen and oxygen atoms in total. The molecule has 2 fully saturated rings. The number of hydrogen-bond donors (Lipinski definition) is 1. The summed E-state index contributed by atoms with van der Waals surface area (Å²) < 4.78 is 0. The first kappa shape index (κ1) is 13.4. The highest BCUT2D eigenvalue weighted by Gasteiger charge is 2.31. The van der Waals surface area contributed by atoms with Gasteiger partial charge in [0.2, 0.25) is 0 Å². The Kier molecular flexibility index (Phi) is 3.87. The number of piperidine rings is 1. The minimum Gasteiger partial charge on any atom is -0.372 e. The number of piperazine rings is 1. The highest BCUT2D eigenvalue weighted by molar-refractivity contribution is 5.98. The Balaban J connectivity index is 1.74. The normalized spacial score (nSPS) is 23.2. The number of nitrogens with one attached hydrogen (secondary N) is 1. The van der Waals surface area contributed by atoms with Gasteiger partial charge < -0.3 is 10.2 Å². The summed E-state index contributed by atoms with van der Waals surface area (Å²) in [6, 6.07) is 4.23. The summed E-state index contributed by atoms with van der Waals surface area (Å²) in [5, 5.41) is 3.00. The van der Waals surface area contributed by atoms with Gasteiger partial charge in [-0.3, -0.25) is 9.69 Å². The Hall–Kier alpha value is -1.62. The van der Waals surface area contributed by atoms with E-state index in [0.29, 0.717) is 17.4 Å². The lowest BCUT2D eigenvalue weighted by atomic mass is 9.99. The topological polar surface area (TPSA) is 48.5 Å². The van der Waals surface area contributed by atoms with Crippen LogP contribution in [0.2, 0.25) is 0 Å². The van der Waals surface area contributed by atoms with E-state index in [2.05, 4.69) is 15.2 Å². The van der Waals surface area contributed by atoms with Crippen molar-refractivity contribution in [3.05, 3.63) is 23.9 Å². The fourth-order valence-electron chi connectivity index (χ4n) is 3.29. The Morgan fingerprint density at radius 2 is 2.25 bits per heavy atom. The average molecular weight is 274 g/mol. The monoisotopic (exact) mass is 274 g/mol. The van der Waals surface area contributed by atoms with Gasteiger partial charge in [0.1, 0.15) is 5.82 Å². The van der Waals surface area contributed by atoms with Gasteiger partial charge in [-0.2, -0.15) is 0 Å². The second kappa shape index (κ2) is 5.79. The number of pyridine rings is 1. The van der Waals surface area contributed by atoms with Gasteiger partial charge in [0.15, 0.2) is 0 Å². The number of rotatable bonds is 2. The van der Waals surface area contributed by atoms with Crippen molar-refractivity contribution < 1.29 is 4.79 Å². The fourth-order valence-corrected chi connectivity index (χ4v) is 3.29. The lowest BCUT2D eigenvalue weighted by molar-refractivity contribution is 0.0373. The number of hydrogen-bond acceptors (Lipinski definition) is 4. The van der Waals surface area contributed by atoms with Gasteiger partial charge in [-0.15, -0.1) is 0 Å². The zero-order valence-corrected chi connectivity index (χ0v) is 12.0. The van der Waals surface area contributed by atoms with Crippen LogP contribution in [0.4, 0.5) is 5.82 Å². The van der Waals surface area contributed by atoms with Crippen molar-refractivity contribution >= 4 is 11.7 Å². The van der Waals surface area contributed by atoms with Crippen molar-refractivity contribution in [2.75, 3.05) is 38.5 Å². The van der Waals surface area contributed by atoms with Crippen molar-refractivity contribution in [3.63, 3.8) is 0 Å². The molecule has 2 aliphatic rings. The molecule has 0 aromatic carbocycles. The van der Waals surface area contributed by atoms with Gasteiger partial charge in [-0.25, -0.2) is 4.98 Å². The van der Waals surface area contributed by atoms with E-state index >= 15 is 0 Å². The third-order valence-corrected chi connectivity index (χ3v) is 4.40. The molecule has 2 aliphatic heterocycles. The third-order valence-electron chi connectivity index (χ3n) is 4.40. The maximum absolute atomic E-state index is 12.7. The number of fused-ring (bicyclic) bond motifs is 1. The maximum Gasteiger partial charge on any atom is 0.257 e. The quantitative estimate of drug-likeness (QED) is 0.886. The zero-order valence-electron chi connectivity index (χ0n) is 12.0. The molecule has 5 heteroatoms. The van der Waals surface area contributed by atoms with Gasteiger partial charge >= 0.3 is 0 Å². The SMILES string of the molecule is CNc1ncccc1C(=O)N1CCN2CCCCC2C1. The Labute approximate surface area is 120 Å². The number of amides is 1. The smallest absolute Gasteiger partial charge is 0.257 e. The zero-order chi connectivity index (χ0) is 13.9. The van der Waals surface area contributed by atoms with Crippen LogP contribution in [0.15, 0.2) is 18.3 Å². The summed E-state index contributed by atoms with van der Waals surface area (Å²) in [6.07, 6.45) is 5.52. The molecule has 3 heterocycles. The highest BCUT2D eigenvalue weighted by Crippen LogP contribution is 2.23. The Morgan fingerprint density at radius 1 is 1.35 bits per heavy atom. The lowest BCUT2D eigenvalue weighted by Gasteiger charge is -2.44. The number of nitrogens with zero attached hydrogens (tertiary/aromatic N) is 3. The first-order chi connectivity index (χ1) is 9.79. The van der Waals surface area contributed by atoms with E-state index in [1.165, 1.54) is 25.8 Å². The summed E-state index contributed by atoms with van der Waals surface area (Å²) in [6.45, 7) is 3.89. The van der Waals surface area contributed by atoms with E-state index in [0.717, 1.165) is 19.6 Å². The molecule has 108 valence electrons. The average Bonchev–Trinajstić information content (AvgIpc) is 2.53. The van der Waals surface area contributed by atoms with Crippen molar-refractivity contribution in [1.29, 1.82) is 0 Å². The maximum atomic E-state index is 12.7. The predicted octanol–water partition coefficient (Wildman–Crippen LogP) is 1.43. The third kappa shape index (κ3) is 2.50. The number of carbonyl (C=O) groups is 1. The fraction of sp³-hybridized carbons (Fsp3) is 0.600. The van der Waals surface area contributed by atoms with Crippen molar-refractivity contribution in [2.24, 2.45) is 0 Å². The molecule has 1 amide bonds. The van der Waals surface area contributed by atoms with Crippen molar-refractivity contribution in [1.82, 2.24) is 14.8 Å². The Bertz CT molecular complexity index is 491. The molecule has 3 rings (SSSR count). The molecule has 1 unspecified atom stereocenters. The summed E-state index contributed by atoms with van der Waals surface area (Å²) in [7, 11) is 1.80. The van der Waals surface area contributed by atoms with Crippen LogP contribution in [-0.4, -0.2) is 60.0 Å². The largest absolute Gasteiger partial charge is 0.372 e. The molecule has 1 atom stereocenters. The number of aromatic nitrogens is 1. The van der Waals surface area contributed by atoms with Crippen LogP contribution >= 0.6 is 0 Å². The van der Waals surface area contributed by atoms with Crippen LogP contribution in [0.3, 0.4) is 0 Å². The summed E-state index contributed by atoms with van der Waals surface area (Å²) in [5.74, 6) is 0.774. The van der Waals surface area contributed by atoms with Crippen LogP contribution in [-0.2, 0) is 0 Å². The highest BCUT2D eigenvalue weighted by atomic mass is 16.2. The second-order valence-electron chi connectivity index (χ2n) is 5.59. The second-order valence-corrected chi connectivity index (χ2v) is 5.59. The van der Waals surface area contributed by atoms with Crippen LogP contribution in [0.25, 0.3) is 0 Å². The molecule has 0 spiro atoms. The summed E-state index contributed by atoms with van der Waals surface area (Å²) >= 11 is 0. The Morgan fingerprint density at radius 3 is 3.10 bits per heavy atom. The molecular formula is C15H22N4O. The molecule has 0 aliphatic carbocycles. The van der Waals surface area contributed by atoms with Gasteiger partial charge in [0, 0.05) is 38.9 Å². The predicted molar refractivity (Wildman–Crippen MR) is 78.9 cm³/mol. The van der Waals surface area contributed by atoms with E-state index in [1.54, 1.807) is 13.2 Å². The molecular weight excluding hydrogens is 252 g/mol. The van der Waals surface area contributed by atoms with Gasteiger partial charge in [0.05, 0.1) is 5.56 Å². The van der Waals surface area contributed by atoms with Crippen LogP contribution in [0.5, 0.6) is 0 Å². The lowest BCUT2D eigenvalue weighted by Crippen LogP contribution is -2.56. The van der Waals surface area contributed by atoms with Gasteiger partial charge in [-0.05, 0) is 31.5 Å². The minimum atomic E-state index is 0.104. The molecule has 1 aromatic heterocycles. The van der Waals surface area contributed by atoms with E-state index < -0.39 is 0 Å². The van der Waals surface area contributed by atoms with Gasteiger partial charge in [-0.1, -0.05) is 6.42 Å². The van der Waals surface area contributed by atoms with Crippen LogP contribution < -0.4 is 5.32 Å². The molecule has 1 N–H and O–H groups in total. The van der Waals surface area contributed by atoms with E-state index in [1.807, 2.05) is 17.0 Å². The van der Waals surface area contributed by atoms with Crippen LogP contribution in [0, 0.1) is 0 Å². The molecule has 2 saturated heterocycles. The number of anilines is 1. The first-order valence-electron chi connectivity index (χ1n) is 7.45. The number of carbonyl (C=O) groups excluding carboxylic acids is 1. The first-order valence-corrected chi connectivity index (χ1v) is 7.45. The molecule has 20 heavy (non-hydrogen) atoms. The van der Waals surface area contributed by atoms with Crippen molar-refractivity contribution in [2.45, 2.75) is 25.3 Å². The van der Waals surface area contributed by atoms with Gasteiger partial charge in [0.25, 0.3) is 5.91 Å². The van der Waals surface area contributed by atoms with E-state index in [4.69, 9.17) is 0 Å². The molecule has 0 radical (unpaired) electrons. The molecule has 1 aromatic rings. The summed E-state index contributed by atoms with van der Waals surface area (Å²) in [5.41, 5.74) is 0.680. The van der Waals surface area contributed by atoms with E-state index in [9.17, 15) is 4.79 Å². The molecule has 0 saturated carbocycles. The van der Waals surface area contributed by atoms with E-state index in [-0.39, 0.29) is 5.91 Å². The van der Waals surface area contributed by atoms with Crippen LogP contribution in [0.1, 0.15) is 29.6 Å².